The molecule has 6 heteroatoms. The van der Waals surface area contributed by atoms with Crippen LogP contribution in [0.4, 0.5) is 5.69 Å². The first-order chi connectivity index (χ1) is 9.02. The number of ketones is 1. The first kappa shape index (κ1) is 14.4. The van der Waals surface area contributed by atoms with E-state index >= 15 is 0 Å². The zero-order valence-electron chi connectivity index (χ0n) is 10.3. The van der Waals surface area contributed by atoms with Gasteiger partial charge in [-0.1, -0.05) is 0 Å². The van der Waals surface area contributed by atoms with E-state index in [0.29, 0.717) is 5.69 Å². The van der Waals surface area contributed by atoms with Gasteiger partial charge in [0.05, 0.1) is 11.6 Å². The molecular weight excluding hydrogens is 248 g/mol. The molecule has 1 amide bonds. The highest BCUT2D eigenvalue weighted by atomic mass is 16.5. The predicted octanol–water partition coefficient (Wildman–Crippen LogP) is 1.28. The lowest BCUT2D eigenvalue weighted by Crippen LogP contribution is -2.12. The summed E-state index contributed by atoms with van der Waals surface area (Å²) in [5, 5.41) is 10.8. The van der Waals surface area contributed by atoms with Crippen molar-refractivity contribution in [3.05, 3.63) is 29.8 Å². The number of nitrogens with one attached hydrogen (secondary N) is 1. The smallest absolute Gasteiger partial charge is 0.338 e. The van der Waals surface area contributed by atoms with Crippen LogP contribution < -0.4 is 5.32 Å². The highest BCUT2D eigenvalue weighted by Gasteiger charge is 2.08. The third-order valence-electron chi connectivity index (χ3n) is 2.05. The van der Waals surface area contributed by atoms with Crippen LogP contribution in [-0.2, 0) is 14.3 Å². The first-order valence-electron chi connectivity index (χ1n) is 5.46. The zero-order valence-corrected chi connectivity index (χ0v) is 10.3. The van der Waals surface area contributed by atoms with Gasteiger partial charge in [-0.25, -0.2) is 4.79 Å². The van der Waals surface area contributed by atoms with Gasteiger partial charge in [0.15, 0.2) is 5.78 Å². The normalized spacial score (nSPS) is 9.26. The molecular formula is C13H12N2O4. The molecule has 6 nitrogen and oxygen atoms in total. The molecule has 0 bridgehead atoms. The summed E-state index contributed by atoms with van der Waals surface area (Å²) in [6.07, 6.45) is -0.234. The van der Waals surface area contributed by atoms with E-state index in [-0.39, 0.29) is 24.4 Å². The molecule has 0 heterocycles. The Labute approximate surface area is 110 Å². The maximum atomic E-state index is 11.5. The quantitative estimate of drug-likeness (QED) is 0.804. The fourth-order valence-corrected chi connectivity index (χ4v) is 1.22. The second kappa shape index (κ2) is 6.91. The molecule has 1 rings (SSSR count). The number of ether oxygens (including phenoxy) is 1. The highest BCUT2D eigenvalue weighted by molar-refractivity contribution is 5.94. The molecule has 0 saturated heterocycles. The maximum absolute atomic E-state index is 11.5. The molecule has 0 aromatic heterocycles. The first-order valence-corrected chi connectivity index (χ1v) is 5.46. The Balaban J connectivity index is 2.61. The van der Waals surface area contributed by atoms with Gasteiger partial charge < -0.3 is 10.1 Å². The molecule has 0 aliphatic heterocycles. The van der Waals surface area contributed by atoms with E-state index in [1.165, 1.54) is 31.2 Å². The summed E-state index contributed by atoms with van der Waals surface area (Å²) in [5.41, 5.74) is 0.753. The van der Waals surface area contributed by atoms with Crippen molar-refractivity contribution in [3.8, 4) is 6.07 Å². The summed E-state index contributed by atoms with van der Waals surface area (Å²) >= 11 is 0. The Morgan fingerprint density at radius 2 is 1.89 bits per heavy atom. The van der Waals surface area contributed by atoms with Crippen molar-refractivity contribution in [1.82, 2.24) is 0 Å². The zero-order chi connectivity index (χ0) is 14.3. The van der Waals surface area contributed by atoms with Crippen LogP contribution in [0, 0.1) is 11.3 Å². The van der Waals surface area contributed by atoms with Crippen LogP contribution in [0.15, 0.2) is 24.3 Å². The van der Waals surface area contributed by atoms with Crippen LogP contribution in [0.25, 0.3) is 0 Å². The van der Waals surface area contributed by atoms with Crippen LogP contribution in [0.5, 0.6) is 0 Å². The number of carbonyl (C=O) groups is 3. The van der Waals surface area contributed by atoms with Crippen molar-refractivity contribution >= 4 is 23.3 Å². The predicted molar refractivity (Wildman–Crippen MR) is 66.3 cm³/mol. The number of hydrogen-bond acceptors (Lipinski definition) is 5. The van der Waals surface area contributed by atoms with Crippen LogP contribution in [0.3, 0.4) is 0 Å². The summed E-state index contributed by atoms with van der Waals surface area (Å²) in [6, 6.07) is 7.68. The van der Waals surface area contributed by atoms with E-state index in [2.05, 4.69) is 5.32 Å². The van der Waals surface area contributed by atoms with Gasteiger partial charge in [0.25, 0.3) is 0 Å². The average Bonchev–Trinajstić information content (AvgIpc) is 2.37. The van der Waals surface area contributed by atoms with E-state index in [4.69, 9.17) is 10.00 Å². The Morgan fingerprint density at radius 3 is 2.42 bits per heavy atom. The average molecular weight is 260 g/mol. The van der Waals surface area contributed by atoms with Crippen molar-refractivity contribution in [2.45, 2.75) is 13.3 Å². The molecule has 1 aromatic rings. The number of anilines is 1. The van der Waals surface area contributed by atoms with Gasteiger partial charge in [-0.2, -0.15) is 5.26 Å². The number of Topliss-reactive ketones (excluding diaryl/α,β-unsaturated/α-hetero) is 1. The Hall–Kier alpha value is -2.68. The summed E-state index contributed by atoms with van der Waals surface area (Å²) in [6.45, 7) is 1.06. The third kappa shape index (κ3) is 5.00. The SMILES string of the molecule is CC(=O)COC(=O)c1ccc(NC(=O)CC#N)cc1. The molecule has 0 unspecified atom stereocenters. The van der Waals surface area contributed by atoms with Gasteiger partial charge in [-0.15, -0.1) is 0 Å². The molecule has 98 valence electrons. The summed E-state index contributed by atoms with van der Waals surface area (Å²) in [7, 11) is 0. The lowest BCUT2D eigenvalue weighted by atomic mass is 10.2. The Kier molecular flexibility index (Phi) is 5.23. The number of esters is 1. The van der Waals surface area contributed by atoms with E-state index < -0.39 is 11.9 Å². The highest BCUT2D eigenvalue weighted by Crippen LogP contribution is 2.10. The van der Waals surface area contributed by atoms with Crippen LogP contribution in [-0.4, -0.2) is 24.3 Å². The molecule has 1 N–H and O–H groups in total. The van der Waals surface area contributed by atoms with Gasteiger partial charge in [0.1, 0.15) is 13.0 Å². The van der Waals surface area contributed by atoms with Gasteiger partial charge in [-0.05, 0) is 31.2 Å². The maximum Gasteiger partial charge on any atom is 0.338 e. The fourth-order valence-electron chi connectivity index (χ4n) is 1.22. The number of nitrogens with zero attached hydrogens (tertiary/aromatic N) is 1. The summed E-state index contributed by atoms with van der Waals surface area (Å²) in [5.74, 6) is -1.27. The molecule has 1 aromatic carbocycles. The van der Waals surface area contributed by atoms with Crippen LogP contribution >= 0.6 is 0 Å². The third-order valence-corrected chi connectivity index (χ3v) is 2.05. The summed E-state index contributed by atoms with van der Waals surface area (Å²) < 4.78 is 4.73. The molecule has 19 heavy (non-hydrogen) atoms. The van der Waals surface area contributed by atoms with E-state index in [9.17, 15) is 14.4 Å². The molecule has 0 aliphatic carbocycles. The van der Waals surface area contributed by atoms with Gasteiger partial charge in [0, 0.05) is 5.69 Å². The lowest BCUT2D eigenvalue weighted by Gasteiger charge is -2.05. The minimum atomic E-state index is -0.606. The van der Waals surface area contributed by atoms with Crippen molar-refractivity contribution in [1.29, 1.82) is 5.26 Å². The standard InChI is InChI=1S/C13H12N2O4/c1-9(16)8-19-13(18)10-2-4-11(5-3-10)15-12(17)6-7-14/h2-5H,6,8H2,1H3,(H,15,17). The molecule has 0 fully saturated rings. The Morgan fingerprint density at radius 1 is 1.26 bits per heavy atom. The Bertz CT molecular complexity index is 529. The largest absolute Gasteiger partial charge is 0.454 e. The number of rotatable bonds is 5. The molecule has 0 atom stereocenters. The molecule has 0 spiro atoms. The summed E-state index contributed by atoms with van der Waals surface area (Å²) in [4.78, 5) is 33.3. The van der Waals surface area contributed by atoms with E-state index in [0.717, 1.165) is 0 Å². The van der Waals surface area contributed by atoms with Crippen molar-refractivity contribution in [3.63, 3.8) is 0 Å². The topological polar surface area (TPSA) is 96.3 Å². The lowest BCUT2D eigenvalue weighted by molar-refractivity contribution is -0.120. The van der Waals surface area contributed by atoms with Crippen LogP contribution in [0.2, 0.25) is 0 Å². The minimum Gasteiger partial charge on any atom is -0.454 e. The number of carbonyl (C=O) groups excluding carboxylic acids is 3. The second-order valence-corrected chi connectivity index (χ2v) is 3.74. The minimum absolute atomic E-state index is 0.234. The number of amides is 1. The molecule has 0 radical (unpaired) electrons. The second-order valence-electron chi connectivity index (χ2n) is 3.74. The van der Waals surface area contributed by atoms with Gasteiger partial charge >= 0.3 is 5.97 Å². The fraction of sp³-hybridized carbons (Fsp3) is 0.231. The van der Waals surface area contributed by atoms with Crippen molar-refractivity contribution in [2.75, 3.05) is 11.9 Å². The van der Waals surface area contributed by atoms with Gasteiger partial charge in [0.2, 0.25) is 5.91 Å². The number of hydrogen-bond donors (Lipinski definition) is 1. The number of nitriles is 1. The molecule has 0 saturated carbocycles. The van der Waals surface area contributed by atoms with Crippen molar-refractivity contribution in [2.24, 2.45) is 0 Å². The van der Waals surface area contributed by atoms with E-state index in [1.54, 1.807) is 6.07 Å². The molecule has 0 aliphatic rings. The monoisotopic (exact) mass is 260 g/mol. The number of benzene rings is 1. The van der Waals surface area contributed by atoms with Gasteiger partial charge in [-0.3, -0.25) is 9.59 Å². The van der Waals surface area contributed by atoms with Crippen molar-refractivity contribution < 1.29 is 19.1 Å². The van der Waals surface area contributed by atoms with Crippen LogP contribution in [0.1, 0.15) is 23.7 Å². The van der Waals surface area contributed by atoms with E-state index in [1.807, 2.05) is 0 Å².